The summed E-state index contributed by atoms with van der Waals surface area (Å²) < 4.78 is 7.18. The third-order valence-electron chi connectivity index (χ3n) is 4.96. The highest BCUT2D eigenvalue weighted by atomic mass is 32.2. The Labute approximate surface area is 173 Å². The van der Waals surface area contributed by atoms with Crippen molar-refractivity contribution in [1.82, 2.24) is 19.4 Å². The molecule has 0 aliphatic carbocycles. The molecule has 7 nitrogen and oxygen atoms in total. The van der Waals surface area contributed by atoms with E-state index in [9.17, 15) is 9.59 Å². The fraction of sp³-hybridized carbons (Fsp3) is 0.286. The fourth-order valence-electron chi connectivity index (χ4n) is 3.35. The number of nitrogens with zero attached hydrogens (tertiary/aromatic N) is 4. The zero-order valence-electron chi connectivity index (χ0n) is 16.2. The van der Waals surface area contributed by atoms with Crippen molar-refractivity contribution in [2.75, 3.05) is 31.9 Å². The van der Waals surface area contributed by atoms with Gasteiger partial charge in [0.1, 0.15) is 0 Å². The van der Waals surface area contributed by atoms with Crippen molar-refractivity contribution in [2.45, 2.75) is 12.1 Å². The second kappa shape index (κ2) is 8.57. The minimum Gasteiger partial charge on any atom is -0.459 e. The summed E-state index contributed by atoms with van der Waals surface area (Å²) in [7, 11) is 0. The van der Waals surface area contributed by atoms with Crippen LogP contribution < -0.4 is 0 Å². The van der Waals surface area contributed by atoms with E-state index in [2.05, 4.69) is 18.0 Å². The van der Waals surface area contributed by atoms with Gasteiger partial charge in [-0.25, -0.2) is 4.98 Å². The minimum atomic E-state index is -0.128. The zero-order valence-corrected chi connectivity index (χ0v) is 17.0. The van der Waals surface area contributed by atoms with Crippen molar-refractivity contribution in [3.63, 3.8) is 0 Å². The van der Waals surface area contributed by atoms with E-state index in [1.165, 1.54) is 18.0 Å². The molecule has 0 saturated carbocycles. The van der Waals surface area contributed by atoms with Crippen LogP contribution in [0.2, 0.25) is 0 Å². The lowest BCUT2D eigenvalue weighted by molar-refractivity contribution is -0.129. The monoisotopic (exact) mass is 410 g/mol. The van der Waals surface area contributed by atoms with Gasteiger partial charge in [0.15, 0.2) is 10.9 Å². The normalized spacial score (nSPS) is 14.2. The molecule has 2 amide bonds. The molecular weight excluding hydrogens is 388 g/mol. The SMILES string of the molecule is Cc1ccccc1-n1ccnc1SCC(=O)N1CCN(C(=O)c2ccco2)CC1. The maximum absolute atomic E-state index is 12.7. The molecule has 4 rings (SSSR count). The van der Waals surface area contributed by atoms with Crippen LogP contribution in [0.4, 0.5) is 0 Å². The maximum atomic E-state index is 12.7. The number of carbonyl (C=O) groups excluding carboxylic acids is 2. The number of aromatic nitrogens is 2. The Kier molecular flexibility index (Phi) is 5.71. The van der Waals surface area contributed by atoms with Crippen LogP contribution in [0.5, 0.6) is 0 Å². The Morgan fingerprint density at radius 1 is 1.07 bits per heavy atom. The van der Waals surface area contributed by atoms with E-state index in [1.54, 1.807) is 28.1 Å². The first-order chi connectivity index (χ1) is 14.1. The number of para-hydroxylation sites is 1. The predicted octanol–water partition coefficient (Wildman–Crippen LogP) is 2.85. The van der Waals surface area contributed by atoms with Crippen LogP contribution in [0, 0.1) is 6.92 Å². The summed E-state index contributed by atoms with van der Waals surface area (Å²) in [5, 5.41) is 0.791. The third-order valence-corrected chi connectivity index (χ3v) is 5.91. The van der Waals surface area contributed by atoms with Gasteiger partial charge in [-0.2, -0.15) is 0 Å². The maximum Gasteiger partial charge on any atom is 0.289 e. The van der Waals surface area contributed by atoms with Crippen LogP contribution in [0.1, 0.15) is 16.1 Å². The molecule has 1 aliphatic heterocycles. The Balaban J connectivity index is 1.32. The predicted molar refractivity (Wildman–Crippen MR) is 110 cm³/mol. The average Bonchev–Trinajstić information content (AvgIpc) is 3.44. The van der Waals surface area contributed by atoms with Crippen molar-refractivity contribution < 1.29 is 14.0 Å². The van der Waals surface area contributed by atoms with Gasteiger partial charge in [-0.15, -0.1) is 0 Å². The molecule has 0 unspecified atom stereocenters. The van der Waals surface area contributed by atoms with Crippen LogP contribution >= 0.6 is 11.8 Å². The molecule has 0 spiro atoms. The molecule has 1 aliphatic rings. The van der Waals surface area contributed by atoms with Gasteiger partial charge in [0.2, 0.25) is 5.91 Å². The van der Waals surface area contributed by atoms with E-state index in [4.69, 9.17) is 4.42 Å². The number of aryl methyl sites for hydroxylation is 1. The summed E-state index contributed by atoms with van der Waals surface area (Å²) in [6, 6.07) is 11.4. The van der Waals surface area contributed by atoms with E-state index in [-0.39, 0.29) is 11.8 Å². The van der Waals surface area contributed by atoms with Gasteiger partial charge >= 0.3 is 0 Å². The topological polar surface area (TPSA) is 71.6 Å². The van der Waals surface area contributed by atoms with Crippen molar-refractivity contribution in [3.05, 3.63) is 66.4 Å². The van der Waals surface area contributed by atoms with Crippen molar-refractivity contribution >= 4 is 23.6 Å². The molecule has 1 aromatic carbocycles. The zero-order chi connectivity index (χ0) is 20.2. The summed E-state index contributed by atoms with van der Waals surface area (Å²) >= 11 is 1.43. The summed E-state index contributed by atoms with van der Waals surface area (Å²) in [6.45, 7) is 4.12. The molecule has 0 N–H and O–H groups in total. The molecule has 29 heavy (non-hydrogen) atoms. The van der Waals surface area contributed by atoms with Crippen LogP contribution in [0.15, 0.2) is 64.6 Å². The largest absolute Gasteiger partial charge is 0.459 e. The van der Waals surface area contributed by atoms with Gasteiger partial charge in [-0.05, 0) is 30.7 Å². The fourth-order valence-corrected chi connectivity index (χ4v) is 4.22. The summed E-state index contributed by atoms with van der Waals surface area (Å²) in [4.78, 5) is 32.9. The van der Waals surface area contributed by atoms with E-state index in [1.807, 2.05) is 29.0 Å². The first-order valence-electron chi connectivity index (χ1n) is 9.46. The molecule has 0 radical (unpaired) electrons. The highest BCUT2D eigenvalue weighted by Crippen LogP contribution is 2.23. The number of benzene rings is 1. The van der Waals surface area contributed by atoms with Crippen molar-refractivity contribution in [3.8, 4) is 5.69 Å². The standard InChI is InChI=1S/C21H22N4O3S/c1-16-5-2-3-6-17(16)25-9-8-22-21(25)29-15-19(26)23-10-12-24(13-11-23)20(27)18-7-4-14-28-18/h2-9,14H,10-13,15H2,1H3. The molecule has 3 heterocycles. The summed E-state index contributed by atoms with van der Waals surface area (Å²) in [5.74, 6) is 0.578. The molecule has 2 aromatic heterocycles. The molecule has 1 fully saturated rings. The van der Waals surface area contributed by atoms with Crippen LogP contribution in [-0.4, -0.2) is 63.1 Å². The molecule has 0 bridgehead atoms. The summed E-state index contributed by atoms with van der Waals surface area (Å²) in [6.07, 6.45) is 5.15. The number of thioether (sulfide) groups is 1. The minimum absolute atomic E-state index is 0.0550. The number of imidazole rings is 1. The lowest BCUT2D eigenvalue weighted by Crippen LogP contribution is -2.51. The Morgan fingerprint density at radius 3 is 2.55 bits per heavy atom. The van der Waals surface area contributed by atoms with E-state index < -0.39 is 0 Å². The quantitative estimate of drug-likeness (QED) is 0.605. The van der Waals surface area contributed by atoms with Crippen LogP contribution in [-0.2, 0) is 4.79 Å². The first-order valence-corrected chi connectivity index (χ1v) is 10.4. The number of furan rings is 1. The van der Waals surface area contributed by atoms with Gasteiger partial charge in [-0.1, -0.05) is 30.0 Å². The summed E-state index contributed by atoms with van der Waals surface area (Å²) in [5.41, 5.74) is 2.21. The number of hydrogen-bond acceptors (Lipinski definition) is 5. The number of hydrogen-bond donors (Lipinski definition) is 0. The Hall–Kier alpha value is -3.00. The third kappa shape index (κ3) is 4.22. The van der Waals surface area contributed by atoms with E-state index in [0.29, 0.717) is 37.7 Å². The van der Waals surface area contributed by atoms with Gasteiger partial charge in [0.25, 0.3) is 5.91 Å². The number of carbonyl (C=O) groups is 2. The van der Waals surface area contributed by atoms with E-state index >= 15 is 0 Å². The van der Waals surface area contributed by atoms with Gasteiger partial charge < -0.3 is 14.2 Å². The van der Waals surface area contributed by atoms with Crippen molar-refractivity contribution in [2.24, 2.45) is 0 Å². The van der Waals surface area contributed by atoms with E-state index in [0.717, 1.165) is 16.4 Å². The molecule has 3 aromatic rings. The molecule has 8 heteroatoms. The van der Waals surface area contributed by atoms with Crippen molar-refractivity contribution in [1.29, 1.82) is 0 Å². The second-order valence-corrected chi connectivity index (χ2v) is 7.75. The van der Waals surface area contributed by atoms with Gasteiger partial charge in [-0.3, -0.25) is 14.2 Å². The number of rotatable bonds is 5. The molecule has 150 valence electrons. The molecular formula is C21H22N4O3S. The highest BCUT2D eigenvalue weighted by molar-refractivity contribution is 7.99. The smallest absolute Gasteiger partial charge is 0.289 e. The van der Waals surface area contributed by atoms with Gasteiger partial charge in [0.05, 0.1) is 17.7 Å². The van der Waals surface area contributed by atoms with Gasteiger partial charge in [0, 0.05) is 38.6 Å². The Bertz CT molecular complexity index is 991. The Morgan fingerprint density at radius 2 is 1.83 bits per heavy atom. The average molecular weight is 410 g/mol. The van der Waals surface area contributed by atoms with Crippen LogP contribution in [0.25, 0.3) is 5.69 Å². The second-order valence-electron chi connectivity index (χ2n) is 6.81. The molecule has 0 atom stereocenters. The molecule has 1 saturated heterocycles. The number of piperazine rings is 1. The highest BCUT2D eigenvalue weighted by Gasteiger charge is 2.26. The van der Waals surface area contributed by atoms with Crippen LogP contribution in [0.3, 0.4) is 0 Å². The first kappa shape index (κ1) is 19.3. The lowest BCUT2D eigenvalue weighted by atomic mass is 10.2. The number of amides is 2. The lowest BCUT2D eigenvalue weighted by Gasteiger charge is -2.34.